The summed E-state index contributed by atoms with van der Waals surface area (Å²) in [5.74, 6) is -0.0382. The van der Waals surface area contributed by atoms with Gasteiger partial charge >= 0.3 is 0 Å². The molecule has 0 fully saturated rings. The Morgan fingerprint density at radius 3 is 2.83 bits per heavy atom. The van der Waals surface area contributed by atoms with Crippen molar-refractivity contribution < 1.29 is 13.6 Å². The third-order valence-electron chi connectivity index (χ3n) is 4.27. The summed E-state index contributed by atoms with van der Waals surface area (Å²) < 4.78 is 20.0. The monoisotopic (exact) mass is 425 g/mol. The fourth-order valence-corrected chi connectivity index (χ4v) is 3.75. The van der Waals surface area contributed by atoms with Crippen LogP contribution in [-0.4, -0.2) is 36.0 Å². The Bertz CT molecular complexity index is 1240. The van der Waals surface area contributed by atoms with Crippen LogP contribution in [0.4, 0.5) is 4.39 Å². The van der Waals surface area contributed by atoms with Gasteiger partial charge in [0.25, 0.3) is 5.56 Å². The average Bonchev–Trinajstić information content (AvgIpc) is 3.25. The van der Waals surface area contributed by atoms with Gasteiger partial charge in [-0.15, -0.1) is 0 Å². The lowest BCUT2D eigenvalue weighted by molar-refractivity contribution is -0.116. The lowest BCUT2D eigenvalue weighted by Gasteiger charge is -2.12. The number of aromatic nitrogens is 5. The number of Topliss-reactive ketones (excluding diaryl/α,β-unsaturated/α-hetero) is 1. The third-order valence-corrected chi connectivity index (χ3v) is 5.30. The molecule has 1 aromatic carbocycles. The van der Waals surface area contributed by atoms with Crippen LogP contribution in [0.5, 0.6) is 0 Å². The second-order valence-electron chi connectivity index (χ2n) is 6.39. The molecule has 0 saturated carbocycles. The van der Waals surface area contributed by atoms with Gasteiger partial charge in [-0.05, 0) is 24.1 Å². The van der Waals surface area contributed by atoms with Gasteiger partial charge in [-0.25, -0.2) is 24.3 Å². The highest BCUT2D eigenvalue weighted by molar-refractivity contribution is 7.99. The van der Waals surface area contributed by atoms with Gasteiger partial charge in [-0.1, -0.05) is 23.9 Å². The maximum Gasteiger partial charge on any atom is 0.282 e. The molecule has 0 N–H and O–H groups in total. The van der Waals surface area contributed by atoms with E-state index in [-0.39, 0.29) is 47.0 Å². The van der Waals surface area contributed by atoms with E-state index in [1.807, 2.05) is 0 Å². The van der Waals surface area contributed by atoms with Gasteiger partial charge in [-0.3, -0.25) is 14.2 Å². The number of aryl methyl sites for hydroxylation is 1. The molecule has 3 aromatic heterocycles. The number of carbonyl (C=O) groups is 1. The fourth-order valence-electron chi connectivity index (χ4n) is 2.87. The molecule has 0 aliphatic rings. The quantitative estimate of drug-likeness (QED) is 0.313. The molecule has 8 nitrogen and oxygen atoms in total. The molecule has 4 aromatic rings. The number of hydrogen-bond donors (Lipinski definition) is 0. The Labute approximate surface area is 174 Å². The summed E-state index contributed by atoms with van der Waals surface area (Å²) in [7, 11) is 0. The Balaban J connectivity index is 1.58. The van der Waals surface area contributed by atoms with Crippen molar-refractivity contribution in [3.8, 4) is 0 Å². The molecule has 10 heteroatoms. The number of fused-ring (bicyclic) bond motifs is 1. The average molecular weight is 425 g/mol. The Morgan fingerprint density at radius 1 is 1.17 bits per heavy atom. The Hall–Kier alpha value is -3.40. The first-order valence-corrected chi connectivity index (χ1v) is 10.1. The van der Waals surface area contributed by atoms with Crippen LogP contribution < -0.4 is 5.56 Å². The summed E-state index contributed by atoms with van der Waals surface area (Å²) in [6, 6.07) is 6.19. The van der Waals surface area contributed by atoms with Crippen LogP contribution >= 0.6 is 11.8 Å². The lowest BCUT2D eigenvalue weighted by Crippen LogP contribution is -2.26. The van der Waals surface area contributed by atoms with Gasteiger partial charge in [0.1, 0.15) is 12.1 Å². The largest absolute Gasteiger partial charge is 0.449 e. The van der Waals surface area contributed by atoms with Crippen LogP contribution in [0.25, 0.3) is 11.2 Å². The summed E-state index contributed by atoms with van der Waals surface area (Å²) >= 11 is 1.14. The fraction of sp³-hybridized carbons (Fsp3) is 0.200. The molecular formula is C20H16FN5O3S. The number of halogens is 1. The van der Waals surface area contributed by atoms with Crippen molar-refractivity contribution >= 4 is 28.7 Å². The van der Waals surface area contributed by atoms with Gasteiger partial charge < -0.3 is 4.42 Å². The van der Waals surface area contributed by atoms with Gasteiger partial charge in [0.05, 0.1) is 18.4 Å². The van der Waals surface area contributed by atoms with E-state index >= 15 is 0 Å². The zero-order chi connectivity index (χ0) is 20.9. The summed E-state index contributed by atoms with van der Waals surface area (Å²) in [5.41, 5.74) is 0.753. The first-order chi connectivity index (χ1) is 14.6. The molecule has 0 aliphatic carbocycles. The van der Waals surface area contributed by atoms with Crippen LogP contribution in [0.15, 0.2) is 63.5 Å². The molecule has 0 amide bonds. The molecule has 0 aliphatic heterocycles. The van der Waals surface area contributed by atoms with Crippen molar-refractivity contribution in [3.63, 3.8) is 0 Å². The van der Waals surface area contributed by atoms with Crippen molar-refractivity contribution in [1.29, 1.82) is 0 Å². The van der Waals surface area contributed by atoms with Crippen LogP contribution in [0, 0.1) is 5.82 Å². The maximum absolute atomic E-state index is 13.5. The Kier molecular flexibility index (Phi) is 5.94. The number of ketones is 1. The third kappa shape index (κ3) is 4.60. The van der Waals surface area contributed by atoms with Crippen molar-refractivity contribution in [1.82, 2.24) is 24.5 Å². The minimum atomic E-state index is -0.354. The van der Waals surface area contributed by atoms with E-state index in [4.69, 9.17) is 4.42 Å². The molecule has 3 heterocycles. The standard InChI is InChI=1S/C20H16FN5O3S/c21-14-3-1-2-13(10-14)4-8-26-19(28)17-18(24-6-5-23-17)25-20(26)30-12-15(27)11-16-22-7-9-29-16/h1-3,5-7,9-10H,4,8,11-12H2. The van der Waals surface area contributed by atoms with E-state index in [1.54, 1.807) is 12.1 Å². The van der Waals surface area contributed by atoms with Crippen molar-refractivity contribution in [2.75, 3.05) is 5.75 Å². The van der Waals surface area contributed by atoms with Crippen LogP contribution in [-0.2, 0) is 24.2 Å². The molecular weight excluding hydrogens is 409 g/mol. The van der Waals surface area contributed by atoms with Crippen LogP contribution in [0.3, 0.4) is 0 Å². The minimum Gasteiger partial charge on any atom is -0.449 e. The molecule has 0 spiro atoms. The number of oxazole rings is 1. The van der Waals surface area contributed by atoms with Gasteiger partial charge in [0.2, 0.25) is 5.89 Å². The molecule has 152 valence electrons. The highest BCUT2D eigenvalue weighted by Gasteiger charge is 2.16. The molecule has 0 bridgehead atoms. The molecule has 0 unspecified atom stereocenters. The predicted octanol–water partition coefficient (Wildman–Crippen LogP) is 2.46. The van der Waals surface area contributed by atoms with E-state index in [2.05, 4.69) is 19.9 Å². The summed E-state index contributed by atoms with van der Waals surface area (Å²) in [4.78, 5) is 41.8. The number of thioether (sulfide) groups is 1. The second kappa shape index (κ2) is 8.95. The van der Waals surface area contributed by atoms with Gasteiger partial charge in [0.15, 0.2) is 22.1 Å². The van der Waals surface area contributed by atoms with Crippen LogP contribution in [0.2, 0.25) is 0 Å². The van der Waals surface area contributed by atoms with E-state index in [0.29, 0.717) is 17.5 Å². The van der Waals surface area contributed by atoms with E-state index in [0.717, 1.165) is 17.3 Å². The highest BCUT2D eigenvalue weighted by atomic mass is 32.2. The Morgan fingerprint density at radius 2 is 2.03 bits per heavy atom. The zero-order valence-electron chi connectivity index (χ0n) is 15.7. The normalized spacial score (nSPS) is 11.1. The molecule has 0 saturated heterocycles. The van der Waals surface area contributed by atoms with Crippen molar-refractivity contribution in [2.45, 2.75) is 24.5 Å². The topological polar surface area (TPSA) is 104 Å². The molecule has 0 radical (unpaired) electrons. The SMILES string of the molecule is O=C(CSc1nc2nccnc2c(=O)n1CCc1cccc(F)c1)Cc1ncco1. The summed E-state index contributed by atoms with van der Waals surface area (Å²) in [6.07, 6.45) is 6.24. The lowest BCUT2D eigenvalue weighted by atomic mass is 10.1. The summed E-state index contributed by atoms with van der Waals surface area (Å²) in [6.45, 7) is 0.262. The number of hydrogen-bond acceptors (Lipinski definition) is 8. The van der Waals surface area contributed by atoms with E-state index < -0.39 is 0 Å². The van der Waals surface area contributed by atoms with E-state index in [9.17, 15) is 14.0 Å². The zero-order valence-corrected chi connectivity index (χ0v) is 16.5. The minimum absolute atomic E-state index is 0.0565. The maximum atomic E-state index is 13.5. The molecule has 30 heavy (non-hydrogen) atoms. The van der Waals surface area contributed by atoms with Crippen molar-refractivity contribution in [2.24, 2.45) is 0 Å². The second-order valence-corrected chi connectivity index (χ2v) is 7.33. The number of rotatable bonds is 8. The molecule has 4 rings (SSSR count). The van der Waals surface area contributed by atoms with Crippen LogP contribution in [0.1, 0.15) is 11.5 Å². The predicted molar refractivity (Wildman–Crippen MR) is 108 cm³/mol. The van der Waals surface area contributed by atoms with Gasteiger partial charge in [0, 0.05) is 18.9 Å². The first-order valence-electron chi connectivity index (χ1n) is 9.09. The number of carbonyl (C=O) groups excluding carboxylic acids is 1. The first kappa shape index (κ1) is 19.9. The molecule has 0 atom stereocenters. The van der Waals surface area contributed by atoms with Crippen molar-refractivity contribution in [3.05, 3.63) is 76.7 Å². The van der Waals surface area contributed by atoms with Gasteiger partial charge in [-0.2, -0.15) is 0 Å². The number of benzene rings is 1. The number of nitrogens with zero attached hydrogens (tertiary/aromatic N) is 5. The summed E-state index contributed by atoms with van der Waals surface area (Å²) in [5, 5.41) is 0.352. The smallest absolute Gasteiger partial charge is 0.282 e. The van der Waals surface area contributed by atoms with E-state index in [1.165, 1.54) is 41.6 Å². The highest BCUT2D eigenvalue weighted by Crippen LogP contribution is 2.18.